The number of carbonyl (C=O) groups is 1. The predicted molar refractivity (Wildman–Crippen MR) is 117 cm³/mol. The Bertz CT molecular complexity index is 1220. The Balaban J connectivity index is 1.95. The quantitative estimate of drug-likeness (QED) is 0.504. The van der Waals surface area contributed by atoms with Gasteiger partial charge in [-0.05, 0) is 49.4 Å². The van der Waals surface area contributed by atoms with Crippen LogP contribution >= 0.6 is 11.6 Å². The van der Waals surface area contributed by atoms with E-state index in [1.165, 1.54) is 30.3 Å². The van der Waals surface area contributed by atoms with E-state index in [0.717, 1.165) is 15.9 Å². The van der Waals surface area contributed by atoms with E-state index < -0.39 is 39.9 Å². The zero-order valence-corrected chi connectivity index (χ0v) is 18.3. The maximum absolute atomic E-state index is 13.3. The molecule has 0 spiro atoms. The van der Waals surface area contributed by atoms with Crippen LogP contribution in [0.15, 0.2) is 77.7 Å². The van der Waals surface area contributed by atoms with Gasteiger partial charge in [-0.15, -0.1) is 0 Å². The fourth-order valence-electron chi connectivity index (χ4n) is 2.93. The lowest BCUT2D eigenvalue weighted by atomic mass is 10.1. The van der Waals surface area contributed by atoms with Gasteiger partial charge in [0.15, 0.2) is 0 Å². The molecule has 32 heavy (non-hydrogen) atoms. The van der Waals surface area contributed by atoms with Crippen molar-refractivity contribution in [2.75, 3.05) is 16.2 Å². The van der Waals surface area contributed by atoms with Gasteiger partial charge in [-0.25, -0.2) is 8.42 Å². The van der Waals surface area contributed by atoms with Gasteiger partial charge in [-0.1, -0.05) is 47.5 Å². The van der Waals surface area contributed by atoms with Crippen LogP contribution in [0.2, 0.25) is 5.02 Å². The van der Waals surface area contributed by atoms with E-state index >= 15 is 0 Å². The van der Waals surface area contributed by atoms with E-state index in [2.05, 4.69) is 5.32 Å². The summed E-state index contributed by atoms with van der Waals surface area (Å²) in [6, 6.07) is 16.8. The Morgan fingerprint density at radius 2 is 1.62 bits per heavy atom. The Labute approximate surface area is 188 Å². The molecule has 3 aromatic carbocycles. The van der Waals surface area contributed by atoms with Crippen molar-refractivity contribution >= 4 is 38.9 Å². The van der Waals surface area contributed by atoms with Crippen molar-refractivity contribution in [3.8, 4) is 0 Å². The molecule has 0 aromatic heterocycles. The van der Waals surface area contributed by atoms with E-state index in [9.17, 15) is 26.4 Å². The van der Waals surface area contributed by atoms with Gasteiger partial charge in [0.2, 0.25) is 5.91 Å². The molecule has 0 aliphatic carbocycles. The second-order valence-corrected chi connectivity index (χ2v) is 9.19. The minimum Gasteiger partial charge on any atom is -0.324 e. The molecule has 168 valence electrons. The van der Waals surface area contributed by atoms with Crippen molar-refractivity contribution in [2.45, 2.75) is 18.0 Å². The van der Waals surface area contributed by atoms with Crippen LogP contribution in [-0.2, 0) is 21.0 Å². The fraction of sp³-hybridized carbons (Fsp3) is 0.136. The molecule has 0 saturated carbocycles. The second kappa shape index (κ2) is 9.22. The number of hydrogen-bond donors (Lipinski definition) is 1. The maximum Gasteiger partial charge on any atom is 0.418 e. The summed E-state index contributed by atoms with van der Waals surface area (Å²) in [7, 11) is -4.17. The third-order valence-corrected chi connectivity index (χ3v) is 6.52. The molecule has 0 aliphatic rings. The van der Waals surface area contributed by atoms with Crippen LogP contribution in [0.4, 0.5) is 24.5 Å². The standard InChI is InChI=1S/C22H18ClF3N2O3S/c1-15-7-10-18(11-8-15)32(30,31)28(17-5-3-2-4-6-17)14-21(29)27-20-12-9-16(23)13-19(20)22(24,25)26/h2-13H,14H2,1H3,(H,27,29). The van der Waals surface area contributed by atoms with Crippen molar-refractivity contribution in [3.05, 3.63) is 88.9 Å². The summed E-state index contributed by atoms with van der Waals surface area (Å²) < 4.78 is 67.3. The van der Waals surface area contributed by atoms with Crippen LogP contribution < -0.4 is 9.62 Å². The number of para-hydroxylation sites is 1. The number of rotatable bonds is 6. The van der Waals surface area contributed by atoms with Crippen molar-refractivity contribution in [1.29, 1.82) is 0 Å². The van der Waals surface area contributed by atoms with Crippen LogP contribution in [0.1, 0.15) is 11.1 Å². The summed E-state index contributed by atoms with van der Waals surface area (Å²) in [6.45, 7) is 1.06. The molecule has 1 N–H and O–H groups in total. The molecule has 10 heteroatoms. The van der Waals surface area contributed by atoms with Gasteiger partial charge in [0.05, 0.1) is 21.8 Å². The Morgan fingerprint density at radius 3 is 2.22 bits per heavy atom. The highest BCUT2D eigenvalue weighted by molar-refractivity contribution is 7.92. The highest BCUT2D eigenvalue weighted by Gasteiger charge is 2.35. The molecule has 0 saturated heterocycles. The van der Waals surface area contributed by atoms with Crippen LogP contribution in [0.5, 0.6) is 0 Å². The maximum atomic E-state index is 13.3. The first-order valence-corrected chi connectivity index (χ1v) is 11.1. The van der Waals surface area contributed by atoms with E-state index in [1.54, 1.807) is 37.3 Å². The average molecular weight is 483 g/mol. The zero-order chi connectivity index (χ0) is 23.5. The molecular weight excluding hydrogens is 465 g/mol. The van der Waals surface area contributed by atoms with Crippen LogP contribution in [0.3, 0.4) is 0 Å². The lowest BCUT2D eigenvalue weighted by Gasteiger charge is -2.24. The highest BCUT2D eigenvalue weighted by atomic mass is 35.5. The second-order valence-electron chi connectivity index (χ2n) is 6.90. The average Bonchev–Trinajstić information content (AvgIpc) is 2.73. The van der Waals surface area contributed by atoms with E-state index in [-0.39, 0.29) is 15.6 Å². The summed E-state index contributed by atoms with van der Waals surface area (Å²) in [5.41, 5.74) is -0.621. The lowest BCUT2D eigenvalue weighted by molar-refractivity contribution is -0.137. The normalized spacial score (nSPS) is 11.8. The molecule has 1 amide bonds. The molecule has 5 nitrogen and oxygen atoms in total. The third-order valence-electron chi connectivity index (χ3n) is 4.50. The number of halogens is 4. The van der Waals surface area contributed by atoms with Gasteiger partial charge < -0.3 is 5.32 Å². The Hall–Kier alpha value is -3.04. The molecular formula is C22H18ClF3N2O3S. The summed E-state index contributed by atoms with van der Waals surface area (Å²) in [4.78, 5) is 12.6. The molecule has 0 radical (unpaired) electrons. The minimum atomic E-state index is -4.76. The molecule has 3 aromatic rings. The number of aryl methyl sites for hydroxylation is 1. The minimum absolute atomic E-state index is 0.0535. The molecule has 0 fully saturated rings. The SMILES string of the molecule is Cc1ccc(S(=O)(=O)N(CC(=O)Nc2ccc(Cl)cc2C(F)(F)F)c2ccccc2)cc1. The number of benzene rings is 3. The molecule has 0 aliphatic heterocycles. The summed E-state index contributed by atoms with van der Waals surface area (Å²) >= 11 is 5.66. The highest BCUT2D eigenvalue weighted by Crippen LogP contribution is 2.36. The van der Waals surface area contributed by atoms with E-state index in [1.807, 2.05) is 0 Å². The fourth-order valence-corrected chi connectivity index (χ4v) is 4.52. The molecule has 0 unspecified atom stereocenters. The van der Waals surface area contributed by atoms with Gasteiger partial charge in [0.25, 0.3) is 10.0 Å². The number of hydrogen-bond acceptors (Lipinski definition) is 3. The number of sulfonamides is 1. The number of carbonyl (C=O) groups excluding carboxylic acids is 1. The van der Waals surface area contributed by atoms with Gasteiger partial charge in [0.1, 0.15) is 6.54 Å². The zero-order valence-electron chi connectivity index (χ0n) is 16.7. The van der Waals surface area contributed by atoms with Crippen molar-refractivity contribution in [3.63, 3.8) is 0 Å². The van der Waals surface area contributed by atoms with E-state index in [0.29, 0.717) is 6.07 Å². The first-order valence-electron chi connectivity index (χ1n) is 9.29. The molecule has 0 bridgehead atoms. The van der Waals surface area contributed by atoms with Crippen molar-refractivity contribution in [1.82, 2.24) is 0 Å². The monoisotopic (exact) mass is 482 g/mol. The smallest absolute Gasteiger partial charge is 0.324 e. The number of amides is 1. The van der Waals surface area contributed by atoms with Gasteiger partial charge in [-0.3, -0.25) is 9.10 Å². The van der Waals surface area contributed by atoms with Crippen LogP contribution in [-0.4, -0.2) is 20.9 Å². The number of nitrogens with one attached hydrogen (secondary N) is 1. The molecule has 0 heterocycles. The number of anilines is 2. The summed E-state index contributed by atoms with van der Waals surface area (Å²) in [5.74, 6) is -0.947. The summed E-state index contributed by atoms with van der Waals surface area (Å²) in [5, 5.41) is 2.00. The van der Waals surface area contributed by atoms with Gasteiger partial charge in [-0.2, -0.15) is 13.2 Å². The number of alkyl halides is 3. The topological polar surface area (TPSA) is 66.5 Å². The Morgan fingerprint density at radius 1 is 1.00 bits per heavy atom. The Kier molecular flexibility index (Phi) is 6.80. The third kappa shape index (κ3) is 5.41. The molecule has 3 rings (SSSR count). The molecule has 0 atom stereocenters. The van der Waals surface area contributed by atoms with Crippen molar-refractivity contribution in [2.24, 2.45) is 0 Å². The van der Waals surface area contributed by atoms with Crippen LogP contribution in [0.25, 0.3) is 0 Å². The van der Waals surface area contributed by atoms with Gasteiger partial charge in [0, 0.05) is 5.02 Å². The lowest BCUT2D eigenvalue weighted by Crippen LogP contribution is -2.38. The summed E-state index contributed by atoms with van der Waals surface area (Å²) in [6.07, 6.45) is -4.76. The number of nitrogens with zero attached hydrogens (tertiary/aromatic N) is 1. The predicted octanol–water partition coefficient (Wildman–Crippen LogP) is 5.50. The first kappa shape index (κ1) is 23.6. The largest absolute Gasteiger partial charge is 0.418 e. The van der Waals surface area contributed by atoms with Crippen LogP contribution in [0, 0.1) is 6.92 Å². The van der Waals surface area contributed by atoms with Crippen molar-refractivity contribution < 1.29 is 26.4 Å². The van der Waals surface area contributed by atoms with Gasteiger partial charge >= 0.3 is 6.18 Å². The van der Waals surface area contributed by atoms with E-state index in [4.69, 9.17) is 11.6 Å². The first-order chi connectivity index (χ1) is 15.0.